The van der Waals surface area contributed by atoms with E-state index in [0.29, 0.717) is 5.56 Å². The van der Waals surface area contributed by atoms with Crippen LogP contribution in [-0.4, -0.2) is 33.7 Å². The van der Waals surface area contributed by atoms with Crippen molar-refractivity contribution in [1.82, 2.24) is 14.9 Å². The number of nitrogens with zero attached hydrogens (tertiary/aromatic N) is 2. The Kier molecular flexibility index (Phi) is 3.66. The molecule has 0 unspecified atom stereocenters. The van der Waals surface area contributed by atoms with Crippen molar-refractivity contribution in [2.45, 2.75) is 0 Å². The Bertz CT molecular complexity index is 763. The molecule has 0 saturated heterocycles. The van der Waals surface area contributed by atoms with Crippen LogP contribution in [0.4, 0.5) is 0 Å². The summed E-state index contributed by atoms with van der Waals surface area (Å²) in [5.41, 5.74) is 3.47. The van der Waals surface area contributed by atoms with Gasteiger partial charge in [0, 0.05) is 17.8 Å². The third-order valence-corrected chi connectivity index (χ3v) is 3.26. The molecule has 1 heterocycles. The van der Waals surface area contributed by atoms with Crippen molar-refractivity contribution in [3.05, 3.63) is 60.4 Å². The van der Waals surface area contributed by atoms with Crippen molar-refractivity contribution in [3.63, 3.8) is 0 Å². The summed E-state index contributed by atoms with van der Waals surface area (Å²) < 4.78 is 1.98. The first kappa shape index (κ1) is 13.3. The molecule has 0 radical (unpaired) electrons. The summed E-state index contributed by atoms with van der Waals surface area (Å²) in [4.78, 5) is 16.1. The molecule has 0 saturated carbocycles. The van der Waals surface area contributed by atoms with Gasteiger partial charge in [-0.1, -0.05) is 12.1 Å². The Morgan fingerprint density at radius 3 is 2.67 bits per heavy atom. The molecule has 1 aromatic heterocycles. The summed E-state index contributed by atoms with van der Waals surface area (Å²) in [6.45, 7) is 0.192. The van der Waals surface area contributed by atoms with Crippen LogP contribution in [0.2, 0.25) is 0 Å². The Hall–Kier alpha value is -2.66. The minimum Gasteiger partial charge on any atom is -0.395 e. The number of aromatic nitrogens is 2. The van der Waals surface area contributed by atoms with E-state index < -0.39 is 0 Å². The zero-order valence-electron chi connectivity index (χ0n) is 11.4. The number of carbonyl (C=O) groups excluding carboxylic acids is 1. The molecule has 1 amide bonds. The van der Waals surface area contributed by atoms with E-state index in [1.165, 1.54) is 0 Å². The van der Waals surface area contributed by atoms with E-state index in [2.05, 4.69) is 10.3 Å². The van der Waals surface area contributed by atoms with E-state index in [9.17, 15) is 4.79 Å². The zero-order valence-corrected chi connectivity index (χ0v) is 11.4. The summed E-state index contributed by atoms with van der Waals surface area (Å²) in [7, 11) is 0. The number of benzene rings is 2. The molecule has 106 valence electrons. The minimum absolute atomic E-state index is 0.0646. The summed E-state index contributed by atoms with van der Waals surface area (Å²) in [6, 6.07) is 15.2. The first-order valence-corrected chi connectivity index (χ1v) is 6.71. The van der Waals surface area contributed by atoms with Gasteiger partial charge in [-0.2, -0.15) is 0 Å². The second-order valence-corrected chi connectivity index (χ2v) is 4.63. The Labute approximate surface area is 121 Å². The molecule has 0 aliphatic carbocycles. The van der Waals surface area contributed by atoms with Crippen molar-refractivity contribution in [2.24, 2.45) is 0 Å². The van der Waals surface area contributed by atoms with Gasteiger partial charge in [0.05, 0.1) is 17.6 Å². The van der Waals surface area contributed by atoms with Crippen LogP contribution < -0.4 is 5.32 Å². The summed E-state index contributed by atoms with van der Waals surface area (Å²) in [6.07, 6.45) is 1.77. The molecule has 5 heteroatoms. The fourth-order valence-corrected chi connectivity index (χ4v) is 2.21. The lowest BCUT2D eigenvalue weighted by atomic mass is 10.2. The lowest BCUT2D eigenvalue weighted by Crippen LogP contribution is -2.26. The van der Waals surface area contributed by atoms with Crippen molar-refractivity contribution < 1.29 is 9.90 Å². The molecular weight excluding hydrogens is 266 g/mol. The van der Waals surface area contributed by atoms with E-state index in [-0.39, 0.29) is 19.1 Å². The average molecular weight is 281 g/mol. The van der Waals surface area contributed by atoms with E-state index >= 15 is 0 Å². The predicted molar refractivity (Wildman–Crippen MR) is 80.5 cm³/mol. The number of fused-ring (bicyclic) bond motifs is 1. The zero-order chi connectivity index (χ0) is 14.7. The van der Waals surface area contributed by atoms with Crippen LogP contribution in [0.25, 0.3) is 16.7 Å². The van der Waals surface area contributed by atoms with E-state index in [0.717, 1.165) is 16.7 Å². The molecule has 3 aromatic rings. The Morgan fingerprint density at radius 1 is 1.14 bits per heavy atom. The second kappa shape index (κ2) is 5.76. The first-order valence-electron chi connectivity index (χ1n) is 6.71. The van der Waals surface area contributed by atoms with Gasteiger partial charge in [-0.25, -0.2) is 4.98 Å². The number of hydrogen-bond acceptors (Lipinski definition) is 3. The van der Waals surface area contributed by atoms with E-state index in [4.69, 9.17) is 5.11 Å². The standard InChI is InChI=1S/C16H15N3O2/c20-10-9-17-16(21)12-5-7-13(8-6-12)19-11-18-14-3-1-2-4-15(14)19/h1-8,11,20H,9-10H2,(H,17,21). The Morgan fingerprint density at radius 2 is 1.90 bits per heavy atom. The van der Waals surface area contributed by atoms with Crippen molar-refractivity contribution in [2.75, 3.05) is 13.2 Å². The number of imidazole rings is 1. The second-order valence-electron chi connectivity index (χ2n) is 4.63. The van der Waals surface area contributed by atoms with Gasteiger partial charge in [-0.3, -0.25) is 9.36 Å². The highest BCUT2D eigenvalue weighted by molar-refractivity contribution is 5.94. The van der Waals surface area contributed by atoms with Gasteiger partial charge in [0.25, 0.3) is 5.91 Å². The van der Waals surface area contributed by atoms with E-state index in [1.807, 2.05) is 41.0 Å². The number of nitrogens with one attached hydrogen (secondary N) is 1. The molecule has 2 N–H and O–H groups in total. The van der Waals surface area contributed by atoms with Crippen LogP contribution in [0, 0.1) is 0 Å². The van der Waals surface area contributed by atoms with Gasteiger partial charge in [0.1, 0.15) is 6.33 Å². The summed E-state index contributed by atoms with van der Waals surface area (Å²) >= 11 is 0. The lowest BCUT2D eigenvalue weighted by molar-refractivity contribution is 0.0945. The van der Waals surface area contributed by atoms with Gasteiger partial charge in [-0.15, -0.1) is 0 Å². The topological polar surface area (TPSA) is 67.2 Å². The number of aliphatic hydroxyl groups excluding tert-OH is 1. The number of carbonyl (C=O) groups is 1. The maximum Gasteiger partial charge on any atom is 0.251 e. The van der Waals surface area contributed by atoms with Crippen molar-refractivity contribution in [3.8, 4) is 5.69 Å². The molecule has 21 heavy (non-hydrogen) atoms. The first-order chi connectivity index (χ1) is 10.3. The quantitative estimate of drug-likeness (QED) is 0.765. The maximum atomic E-state index is 11.8. The van der Waals surface area contributed by atoms with Gasteiger partial charge >= 0.3 is 0 Å². The van der Waals surface area contributed by atoms with E-state index in [1.54, 1.807) is 18.5 Å². The van der Waals surface area contributed by atoms with Crippen LogP contribution >= 0.6 is 0 Å². The molecule has 5 nitrogen and oxygen atoms in total. The monoisotopic (exact) mass is 281 g/mol. The number of amides is 1. The number of hydrogen-bond donors (Lipinski definition) is 2. The van der Waals surface area contributed by atoms with Crippen LogP contribution in [0.1, 0.15) is 10.4 Å². The largest absolute Gasteiger partial charge is 0.395 e. The van der Waals surface area contributed by atoms with Gasteiger partial charge in [0.2, 0.25) is 0 Å². The molecular formula is C16H15N3O2. The third-order valence-electron chi connectivity index (χ3n) is 3.26. The van der Waals surface area contributed by atoms with Crippen molar-refractivity contribution >= 4 is 16.9 Å². The fraction of sp³-hybridized carbons (Fsp3) is 0.125. The lowest BCUT2D eigenvalue weighted by Gasteiger charge is -2.06. The third kappa shape index (κ3) is 2.64. The molecule has 0 aliphatic rings. The fourth-order valence-electron chi connectivity index (χ4n) is 2.21. The summed E-state index contributed by atoms with van der Waals surface area (Å²) in [5.74, 6) is -0.189. The molecule has 3 rings (SSSR count). The number of rotatable bonds is 4. The Balaban J connectivity index is 1.89. The maximum absolute atomic E-state index is 11.8. The number of aliphatic hydroxyl groups is 1. The SMILES string of the molecule is O=C(NCCO)c1ccc(-n2cnc3ccccc32)cc1. The molecule has 2 aromatic carbocycles. The van der Waals surface area contributed by atoms with Gasteiger partial charge in [-0.05, 0) is 36.4 Å². The van der Waals surface area contributed by atoms with Crippen LogP contribution in [0.15, 0.2) is 54.9 Å². The minimum atomic E-state index is -0.189. The number of para-hydroxylation sites is 2. The van der Waals surface area contributed by atoms with Crippen LogP contribution in [0.5, 0.6) is 0 Å². The molecule has 0 fully saturated rings. The van der Waals surface area contributed by atoms with Crippen LogP contribution in [0.3, 0.4) is 0 Å². The average Bonchev–Trinajstić information content (AvgIpc) is 2.97. The van der Waals surface area contributed by atoms with Crippen molar-refractivity contribution in [1.29, 1.82) is 0 Å². The van der Waals surface area contributed by atoms with Gasteiger partial charge in [0.15, 0.2) is 0 Å². The highest BCUT2D eigenvalue weighted by Crippen LogP contribution is 2.18. The smallest absolute Gasteiger partial charge is 0.251 e. The normalized spacial score (nSPS) is 10.7. The molecule has 0 atom stereocenters. The predicted octanol–water partition coefficient (Wildman–Crippen LogP) is 1.75. The highest BCUT2D eigenvalue weighted by Gasteiger charge is 2.07. The van der Waals surface area contributed by atoms with Crippen LogP contribution in [-0.2, 0) is 0 Å². The van der Waals surface area contributed by atoms with Gasteiger partial charge < -0.3 is 10.4 Å². The summed E-state index contributed by atoms with van der Waals surface area (Å²) in [5, 5.41) is 11.3. The molecule has 0 bridgehead atoms. The molecule has 0 spiro atoms. The molecule has 0 aliphatic heterocycles. The highest BCUT2D eigenvalue weighted by atomic mass is 16.3.